The zero-order valence-corrected chi connectivity index (χ0v) is 20.4. The lowest BCUT2D eigenvalue weighted by atomic mass is 10.2. The molecule has 0 atom stereocenters. The molecule has 0 unspecified atom stereocenters. The topological polar surface area (TPSA) is 103 Å². The number of nitro benzene ring substituents is 1. The van der Waals surface area contributed by atoms with Crippen molar-refractivity contribution in [2.24, 2.45) is 5.10 Å². The van der Waals surface area contributed by atoms with Crippen LogP contribution in [0.25, 0.3) is 0 Å². The van der Waals surface area contributed by atoms with Crippen LogP contribution in [-0.4, -0.2) is 23.7 Å². The van der Waals surface area contributed by atoms with E-state index in [2.05, 4.69) is 33.1 Å². The Hall–Kier alpha value is -3.18. The Morgan fingerprint density at radius 3 is 2.64 bits per heavy atom. The smallest absolute Gasteiger partial charge is 0.282 e. The molecule has 0 saturated heterocycles. The second kappa shape index (κ2) is 11.6. The van der Waals surface area contributed by atoms with Gasteiger partial charge in [-0.15, -0.1) is 0 Å². The van der Waals surface area contributed by atoms with E-state index in [4.69, 9.17) is 21.1 Å². The largest absolute Gasteiger partial charge is 0.490 e. The number of hydrogen-bond acceptors (Lipinski definition) is 6. The van der Waals surface area contributed by atoms with Crippen LogP contribution in [0.2, 0.25) is 5.02 Å². The first kappa shape index (κ1) is 24.5. The van der Waals surface area contributed by atoms with Crippen molar-refractivity contribution in [3.8, 4) is 11.5 Å². The molecule has 0 radical (unpaired) electrons. The normalized spacial score (nSPS) is 10.8. The molecule has 0 saturated carbocycles. The van der Waals surface area contributed by atoms with Gasteiger partial charge in [-0.05, 0) is 59.3 Å². The molecule has 0 spiro atoms. The zero-order chi connectivity index (χ0) is 23.8. The fourth-order valence-electron chi connectivity index (χ4n) is 2.88. The quantitative estimate of drug-likeness (QED) is 0.154. The van der Waals surface area contributed by atoms with E-state index in [1.165, 1.54) is 24.4 Å². The van der Waals surface area contributed by atoms with Crippen LogP contribution < -0.4 is 14.9 Å². The molecule has 0 heterocycles. The molecule has 0 bridgehead atoms. The fourth-order valence-corrected chi connectivity index (χ4v) is 3.85. The number of rotatable bonds is 9. The Balaban J connectivity index is 1.76. The van der Waals surface area contributed by atoms with E-state index in [0.717, 1.165) is 9.13 Å². The Morgan fingerprint density at radius 1 is 1.18 bits per heavy atom. The van der Waals surface area contributed by atoms with Crippen LogP contribution in [0.4, 0.5) is 5.69 Å². The molecule has 0 fully saturated rings. The standard InChI is InChI=1S/C23H19ClIN3O5/c1-2-32-21-12-15(11-19(25)22(21)33-14-16-7-3-5-9-18(16)24)13-26-27-23(29)17-8-4-6-10-20(17)28(30)31/h3-13H,2,14H2,1H3,(H,27,29)/b26-13-. The van der Waals surface area contributed by atoms with E-state index in [-0.39, 0.29) is 17.9 Å². The van der Waals surface area contributed by atoms with Gasteiger partial charge in [0, 0.05) is 16.7 Å². The van der Waals surface area contributed by atoms with Crippen LogP contribution in [0.3, 0.4) is 0 Å². The first-order chi connectivity index (χ1) is 15.9. The van der Waals surface area contributed by atoms with Gasteiger partial charge in [0.1, 0.15) is 12.2 Å². The van der Waals surface area contributed by atoms with Gasteiger partial charge in [0.25, 0.3) is 11.6 Å². The lowest BCUT2D eigenvalue weighted by molar-refractivity contribution is -0.385. The van der Waals surface area contributed by atoms with E-state index < -0.39 is 10.8 Å². The monoisotopic (exact) mass is 579 g/mol. The number of hydrazone groups is 1. The highest BCUT2D eigenvalue weighted by molar-refractivity contribution is 14.1. The number of nitro groups is 1. The maximum atomic E-state index is 12.3. The van der Waals surface area contributed by atoms with Crippen molar-refractivity contribution >= 4 is 52.0 Å². The van der Waals surface area contributed by atoms with E-state index in [9.17, 15) is 14.9 Å². The van der Waals surface area contributed by atoms with Crippen LogP contribution in [0.5, 0.6) is 11.5 Å². The third-order valence-electron chi connectivity index (χ3n) is 4.39. The molecular formula is C23H19ClIN3O5. The van der Waals surface area contributed by atoms with Crippen LogP contribution in [0, 0.1) is 13.7 Å². The van der Waals surface area contributed by atoms with Crippen molar-refractivity contribution in [2.75, 3.05) is 6.61 Å². The first-order valence-corrected chi connectivity index (χ1v) is 11.3. The summed E-state index contributed by atoms with van der Waals surface area (Å²) in [4.78, 5) is 22.8. The Labute approximate surface area is 208 Å². The van der Waals surface area contributed by atoms with Crippen LogP contribution >= 0.6 is 34.2 Å². The molecule has 10 heteroatoms. The zero-order valence-electron chi connectivity index (χ0n) is 17.5. The van der Waals surface area contributed by atoms with Crippen molar-refractivity contribution in [3.63, 3.8) is 0 Å². The molecule has 33 heavy (non-hydrogen) atoms. The predicted molar refractivity (Wildman–Crippen MR) is 134 cm³/mol. The number of hydrogen-bond donors (Lipinski definition) is 1. The first-order valence-electron chi connectivity index (χ1n) is 9.80. The number of amides is 1. The average molecular weight is 580 g/mol. The van der Waals surface area contributed by atoms with Crippen LogP contribution in [0.15, 0.2) is 65.8 Å². The van der Waals surface area contributed by atoms with Crippen molar-refractivity contribution < 1.29 is 19.2 Å². The summed E-state index contributed by atoms with van der Waals surface area (Å²) >= 11 is 8.33. The molecule has 3 rings (SSSR count). The van der Waals surface area contributed by atoms with Gasteiger partial charge in [-0.3, -0.25) is 14.9 Å². The highest BCUT2D eigenvalue weighted by Crippen LogP contribution is 2.35. The molecule has 3 aromatic carbocycles. The summed E-state index contributed by atoms with van der Waals surface area (Å²) in [6.07, 6.45) is 1.43. The number of carbonyl (C=O) groups is 1. The minimum atomic E-state index is -0.682. The SMILES string of the molecule is CCOc1cc(/C=N\NC(=O)c2ccccc2[N+](=O)[O-])cc(I)c1OCc1ccccc1Cl. The van der Waals surface area contributed by atoms with Gasteiger partial charge in [0.05, 0.1) is 21.3 Å². The number of ether oxygens (including phenoxy) is 2. The molecule has 0 aliphatic heterocycles. The van der Waals surface area contributed by atoms with Gasteiger partial charge >= 0.3 is 0 Å². The maximum Gasteiger partial charge on any atom is 0.282 e. The summed E-state index contributed by atoms with van der Waals surface area (Å²) in [5.41, 5.74) is 3.45. The Bertz CT molecular complexity index is 1200. The van der Waals surface area contributed by atoms with E-state index in [1.807, 2.05) is 31.2 Å². The highest BCUT2D eigenvalue weighted by Gasteiger charge is 2.18. The lowest BCUT2D eigenvalue weighted by Crippen LogP contribution is -2.19. The van der Waals surface area contributed by atoms with Crippen molar-refractivity contribution in [2.45, 2.75) is 13.5 Å². The third kappa shape index (κ3) is 6.42. The second-order valence-corrected chi connectivity index (χ2v) is 8.19. The number of para-hydroxylation sites is 1. The summed E-state index contributed by atoms with van der Waals surface area (Å²) < 4.78 is 12.5. The van der Waals surface area contributed by atoms with Gasteiger partial charge in [0.2, 0.25) is 0 Å². The third-order valence-corrected chi connectivity index (χ3v) is 5.56. The highest BCUT2D eigenvalue weighted by atomic mass is 127. The minimum absolute atomic E-state index is 0.0763. The predicted octanol–water partition coefficient (Wildman–Crippen LogP) is 5.59. The van der Waals surface area contributed by atoms with Crippen molar-refractivity contribution in [3.05, 3.63) is 96.1 Å². The number of nitrogens with one attached hydrogen (secondary N) is 1. The lowest BCUT2D eigenvalue weighted by Gasteiger charge is -2.15. The van der Waals surface area contributed by atoms with Crippen molar-refractivity contribution in [1.29, 1.82) is 0 Å². The molecule has 1 amide bonds. The molecule has 1 N–H and O–H groups in total. The van der Waals surface area contributed by atoms with Gasteiger partial charge < -0.3 is 9.47 Å². The fraction of sp³-hybridized carbons (Fsp3) is 0.130. The molecule has 170 valence electrons. The second-order valence-electron chi connectivity index (χ2n) is 6.62. The van der Waals surface area contributed by atoms with Gasteiger partial charge in [-0.2, -0.15) is 5.10 Å². The average Bonchev–Trinajstić information content (AvgIpc) is 2.79. The molecule has 0 aliphatic carbocycles. The van der Waals surface area contributed by atoms with E-state index in [1.54, 1.807) is 18.2 Å². The summed E-state index contributed by atoms with van der Waals surface area (Å²) in [6, 6.07) is 16.6. The summed E-state index contributed by atoms with van der Waals surface area (Å²) in [6.45, 7) is 2.56. The van der Waals surface area contributed by atoms with E-state index in [0.29, 0.717) is 28.7 Å². The van der Waals surface area contributed by atoms with Crippen LogP contribution in [-0.2, 0) is 6.61 Å². The molecule has 0 aliphatic rings. The minimum Gasteiger partial charge on any atom is -0.490 e. The summed E-state index contributed by atoms with van der Waals surface area (Å²) in [5.74, 6) is 0.402. The van der Waals surface area contributed by atoms with Gasteiger partial charge in [0.15, 0.2) is 11.5 Å². The summed E-state index contributed by atoms with van der Waals surface area (Å²) in [7, 11) is 0. The maximum absolute atomic E-state index is 12.3. The van der Waals surface area contributed by atoms with Gasteiger partial charge in [-0.25, -0.2) is 5.43 Å². The van der Waals surface area contributed by atoms with Crippen molar-refractivity contribution in [1.82, 2.24) is 5.43 Å². The molecular weight excluding hydrogens is 561 g/mol. The molecule has 8 nitrogen and oxygen atoms in total. The number of nitrogens with zero attached hydrogens (tertiary/aromatic N) is 2. The number of halogens is 2. The van der Waals surface area contributed by atoms with Gasteiger partial charge in [-0.1, -0.05) is 41.9 Å². The Kier molecular flexibility index (Phi) is 8.61. The number of benzene rings is 3. The number of carbonyl (C=O) groups excluding carboxylic acids is 1. The summed E-state index contributed by atoms with van der Waals surface area (Å²) in [5, 5.41) is 15.7. The van der Waals surface area contributed by atoms with E-state index >= 15 is 0 Å². The molecule has 0 aromatic heterocycles. The van der Waals surface area contributed by atoms with Crippen LogP contribution in [0.1, 0.15) is 28.4 Å². The molecule has 3 aromatic rings. The Morgan fingerprint density at radius 2 is 1.91 bits per heavy atom.